The van der Waals surface area contributed by atoms with Crippen molar-refractivity contribution < 1.29 is 28.5 Å². The summed E-state index contributed by atoms with van der Waals surface area (Å²) in [7, 11) is 3.23. The highest BCUT2D eigenvalue weighted by Gasteiger charge is 2.30. The first-order chi connectivity index (χ1) is 15.1. The van der Waals surface area contributed by atoms with Crippen molar-refractivity contribution in [2.75, 3.05) is 14.2 Å². The largest absolute Gasteiger partial charge is 0.497 e. The molecule has 1 aliphatic rings. The normalized spacial score (nSPS) is 12.2. The maximum absolute atomic E-state index is 12.1. The Balaban J connectivity index is 1.58. The molecule has 31 heavy (non-hydrogen) atoms. The first-order valence-electron chi connectivity index (χ1n) is 9.63. The monoisotopic (exact) mass is 440 g/mol. The fraction of sp³-hybridized carbons (Fsp3) is 0.208. The van der Waals surface area contributed by atoms with Gasteiger partial charge in [0.1, 0.15) is 36.3 Å². The van der Waals surface area contributed by atoms with Crippen molar-refractivity contribution in [3.63, 3.8) is 0 Å². The van der Waals surface area contributed by atoms with Gasteiger partial charge in [-0.2, -0.15) is 0 Å². The molecule has 0 saturated carbocycles. The third kappa shape index (κ3) is 4.54. The van der Waals surface area contributed by atoms with Crippen LogP contribution in [0.4, 0.5) is 0 Å². The van der Waals surface area contributed by atoms with Crippen LogP contribution in [0.2, 0.25) is 5.02 Å². The van der Waals surface area contributed by atoms with E-state index < -0.39 is 5.97 Å². The average Bonchev–Trinajstić information content (AvgIpc) is 3.18. The molecule has 0 N–H and O–H groups in total. The minimum atomic E-state index is -0.462. The molecule has 0 saturated heterocycles. The summed E-state index contributed by atoms with van der Waals surface area (Å²) in [6.07, 6.45) is 0. The number of ether oxygens (including phenoxy) is 5. The van der Waals surface area contributed by atoms with Crippen LogP contribution in [-0.4, -0.2) is 20.2 Å². The predicted octanol–water partition coefficient (Wildman–Crippen LogP) is 5.19. The quantitative estimate of drug-likeness (QED) is 0.449. The van der Waals surface area contributed by atoms with Crippen LogP contribution in [0.25, 0.3) is 0 Å². The van der Waals surface area contributed by atoms with Crippen molar-refractivity contribution in [1.82, 2.24) is 0 Å². The van der Waals surface area contributed by atoms with Crippen molar-refractivity contribution in [3.8, 4) is 23.0 Å². The summed E-state index contributed by atoms with van der Waals surface area (Å²) in [4.78, 5) is 12.1. The third-order valence-electron chi connectivity index (χ3n) is 4.93. The Bertz CT molecular complexity index is 1080. The fourth-order valence-corrected chi connectivity index (χ4v) is 3.56. The molecule has 0 radical (unpaired) electrons. The predicted molar refractivity (Wildman–Crippen MR) is 115 cm³/mol. The molecule has 0 spiro atoms. The summed E-state index contributed by atoms with van der Waals surface area (Å²) in [5.41, 5.74) is 2.87. The van der Waals surface area contributed by atoms with Crippen LogP contribution in [0.3, 0.4) is 0 Å². The number of methoxy groups -OCH3 is 2. The van der Waals surface area contributed by atoms with Crippen LogP contribution in [-0.2, 0) is 24.6 Å². The number of hydrogen-bond donors (Lipinski definition) is 0. The van der Waals surface area contributed by atoms with Gasteiger partial charge in [0.15, 0.2) is 11.5 Å². The molecule has 0 aromatic heterocycles. The Kier molecular flexibility index (Phi) is 6.18. The Labute approximate surface area is 185 Å². The zero-order valence-electron chi connectivity index (χ0n) is 17.1. The van der Waals surface area contributed by atoms with E-state index in [1.54, 1.807) is 20.3 Å². The summed E-state index contributed by atoms with van der Waals surface area (Å²) < 4.78 is 27.5. The second kappa shape index (κ2) is 9.18. The van der Waals surface area contributed by atoms with Crippen LogP contribution in [0.5, 0.6) is 23.0 Å². The Hall–Kier alpha value is -3.38. The highest BCUT2D eigenvalue weighted by Crippen LogP contribution is 2.43. The van der Waals surface area contributed by atoms with Gasteiger partial charge < -0.3 is 23.7 Å². The van der Waals surface area contributed by atoms with E-state index in [9.17, 15) is 4.79 Å². The van der Waals surface area contributed by atoms with Crippen molar-refractivity contribution in [3.05, 3.63) is 81.9 Å². The topological polar surface area (TPSA) is 63.2 Å². The zero-order chi connectivity index (χ0) is 21.8. The van der Waals surface area contributed by atoms with Crippen molar-refractivity contribution in [2.45, 2.75) is 19.8 Å². The van der Waals surface area contributed by atoms with Crippen LogP contribution in [0, 0.1) is 0 Å². The lowest BCUT2D eigenvalue weighted by molar-refractivity contribution is 0.0535. The number of carbonyl (C=O) groups excluding carboxylic acids is 1. The highest BCUT2D eigenvalue weighted by atomic mass is 35.5. The summed E-state index contributed by atoms with van der Waals surface area (Å²) >= 11 is 6.55. The van der Waals surface area contributed by atoms with E-state index in [1.807, 2.05) is 48.5 Å². The number of fused-ring (bicyclic) bond motifs is 1. The van der Waals surface area contributed by atoms with E-state index in [0.29, 0.717) is 29.2 Å². The van der Waals surface area contributed by atoms with E-state index in [1.165, 1.54) is 0 Å². The molecule has 160 valence electrons. The lowest BCUT2D eigenvalue weighted by Gasteiger charge is -2.16. The second-order valence-corrected chi connectivity index (χ2v) is 7.28. The Morgan fingerprint density at radius 2 is 1.42 bits per heavy atom. The number of esters is 1. The lowest BCUT2D eigenvalue weighted by atomic mass is 10.1. The molecule has 4 rings (SSSR count). The molecular formula is C24H21ClO6. The van der Waals surface area contributed by atoms with Gasteiger partial charge in [0.25, 0.3) is 0 Å². The molecule has 6 nitrogen and oxygen atoms in total. The van der Waals surface area contributed by atoms with Gasteiger partial charge in [-0.25, -0.2) is 4.79 Å². The van der Waals surface area contributed by atoms with Crippen LogP contribution in [0.15, 0.2) is 54.6 Å². The van der Waals surface area contributed by atoms with Gasteiger partial charge in [-0.05, 0) is 41.5 Å². The molecular weight excluding hydrogens is 420 g/mol. The number of halogens is 1. The number of rotatable bonds is 8. The SMILES string of the molecule is COc1ccc(COc2cc3c(c(Cl)c2OCc2ccc(OC)cc2)C(=O)OC3)cc1. The van der Waals surface area contributed by atoms with Crippen molar-refractivity contribution in [2.24, 2.45) is 0 Å². The molecule has 0 amide bonds. The second-order valence-electron chi connectivity index (χ2n) is 6.90. The minimum absolute atomic E-state index is 0.158. The molecule has 3 aromatic carbocycles. The van der Waals surface area contributed by atoms with E-state index in [2.05, 4.69) is 0 Å². The summed E-state index contributed by atoms with van der Waals surface area (Å²) in [6, 6.07) is 16.8. The molecule has 0 unspecified atom stereocenters. The molecule has 7 heteroatoms. The first-order valence-corrected chi connectivity index (χ1v) is 10.0. The van der Waals surface area contributed by atoms with Gasteiger partial charge in [0.05, 0.1) is 19.8 Å². The van der Waals surface area contributed by atoms with E-state index >= 15 is 0 Å². The van der Waals surface area contributed by atoms with Crippen LogP contribution < -0.4 is 18.9 Å². The summed E-state index contributed by atoms with van der Waals surface area (Å²) in [5, 5.41) is 0.193. The van der Waals surface area contributed by atoms with Crippen LogP contribution >= 0.6 is 11.6 Å². The molecule has 0 fully saturated rings. The lowest BCUT2D eigenvalue weighted by Crippen LogP contribution is -2.04. The number of carbonyl (C=O) groups is 1. The maximum Gasteiger partial charge on any atom is 0.340 e. The van der Waals surface area contributed by atoms with Crippen molar-refractivity contribution >= 4 is 17.6 Å². The molecule has 0 atom stereocenters. The van der Waals surface area contributed by atoms with E-state index in [-0.39, 0.29) is 18.2 Å². The smallest absolute Gasteiger partial charge is 0.340 e. The van der Waals surface area contributed by atoms with Gasteiger partial charge >= 0.3 is 5.97 Å². The van der Waals surface area contributed by atoms with Gasteiger partial charge in [0, 0.05) is 5.56 Å². The van der Waals surface area contributed by atoms with E-state index in [0.717, 1.165) is 22.6 Å². The molecule has 0 aliphatic carbocycles. The number of cyclic esters (lactones) is 1. The van der Waals surface area contributed by atoms with Gasteiger partial charge in [-0.3, -0.25) is 0 Å². The van der Waals surface area contributed by atoms with Crippen molar-refractivity contribution in [1.29, 1.82) is 0 Å². The van der Waals surface area contributed by atoms with E-state index in [4.69, 9.17) is 35.3 Å². The maximum atomic E-state index is 12.1. The summed E-state index contributed by atoms with van der Waals surface area (Å²) in [6.45, 7) is 0.703. The first kappa shape index (κ1) is 20.9. The zero-order valence-corrected chi connectivity index (χ0v) is 17.9. The third-order valence-corrected chi connectivity index (χ3v) is 5.29. The molecule has 3 aromatic rings. The number of benzene rings is 3. The molecule has 1 heterocycles. The Morgan fingerprint density at radius 1 is 0.871 bits per heavy atom. The number of hydrogen-bond acceptors (Lipinski definition) is 6. The average molecular weight is 441 g/mol. The standard InChI is InChI=1S/C24H21ClO6/c1-27-18-7-3-15(4-8-18)12-29-20-11-17-14-31-24(26)21(17)22(25)23(20)30-13-16-5-9-19(28-2)10-6-16/h3-11H,12-14H2,1-2H3. The summed E-state index contributed by atoms with van der Waals surface area (Å²) in [5.74, 6) is 1.82. The molecule has 1 aliphatic heterocycles. The Morgan fingerprint density at radius 3 is 1.97 bits per heavy atom. The highest BCUT2D eigenvalue weighted by molar-refractivity contribution is 6.35. The van der Waals surface area contributed by atoms with Gasteiger partial charge in [0.2, 0.25) is 0 Å². The minimum Gasteiger partial charge on any atom is -0.497 e. The molecule has 0 bridgehead atoms. The van der Waals surface area contributed by atoms with Gasteiger partial charge in [-0.15, -0.1) is 0 Å². The van der Waals surface area contributed by atoms with Crippen LogP contribution in [0.1, 0.15) is 27.0 Å². The van der Waals surface area contributed by atoms with Gasteiger partial charge in [-0.1, -0.05) is 35.9 Å². The fourth-order valence-electron chi connectivity index (χ4n) is 3.21.